The van der Waals surface area contributed by atoms with Crippen LogP contribution in [0.1, 0.15) is 32.0 Å². The molecule has 124 valence electrons. The summed E-state index contributed by atoms with van der Waals surface area (Å²) >= 11 is 0. The Morgan fingerprint density at radius 2 is 1.91 bits per heavy atom. The van der Waals surface area contributed by atoms with Gasteiger partial charge in [-0.25, -0.2) is 0 Å². The lowest BCUT2D eigenvalue weighted by molar-refractivity contribution is 0.0827. The van der Waals surface area contributed by atoms with Crippen LogP contribution in [0, 0.1) is 6.92 Å². The number of amides is 2. The normalized spacial score (nSPS) is 9.91. The summed E-state index contributed by atoms with van der Waals surface area (Å²) in [4.78, 5) is 25.7. The Hall–Kier alpha value is -2.31. The molecule has 1 heterocycles. The van der Waals surface area contributed by atoms with E-state index >= 15 is 0 Å². The quantitative estimate of drug-likeness (QED) is 0.896. The molecular weight excluding hydrogens is 318 g/mol. The first-order chi connectivity index (χ1) is 10.4. The summed E-state index contributed by atoms with van der Waals surface area (Å²) in [5.41, 5.74) is 7.82. The molecule has 0 radical (unpaired) electrons. The molecule has 6 nitrogen and oxygen atoms in total. The molecule has 1 aromatic carbocycles. The van der Waals surface area contributed by atoms with Crippen molar-refractivity contribution in [2.45, 2.75) is 13.5 Å². The first-order valence-electron chi connectivity index (χ1n) is 6.83. The van der Waals surface area contributed by atoms with Crippen LogP contribution >= 0.6 is 12.4 Å². The first kappa shape index (κ1) is 18.7. The number of nitrogens with one attached hydrogen (secondary N) is 1. The topological polar surface area (TPSA) is 88.6 Å². The van der Waals surface area contributed by atoms with Crippen molar-refractivity contribution in [3.8, 4) is 0 Å². The van der Waals surface area contributed by atoms with Crippen LogP contribution in [0.15, 0.2) is 34.9 Å². The summed E-state index contributed by atoms with van der Waals surface area (Å²) in [5.74, 6) is 0.114. The monoisotopic (exact) mass is 337 g/mol. The summed E-state index contributed by atoms with van der Waals surface area (Å²) < 4.78 is 5.15. The van der Waals surface area contributed by atoms with Crippen LogP contribution < -0.4 is 11.1 Å². The Morgan fingerprint density at radius 1 is 1.22 bits per heavy atom. The Balaban J connectivity index is 0.00000264. The number of furan rings is 1. The minimum absolute atomic E-state index is 0. The number of carbonyl (C=O) groups excluding carboxylic acids is 2. The van der Waals surface area contributed by atoms with Gasteiger partial charge in [-0.3, -0.25) is 9.59 Å². The van der Waals surface area contributed by atoms with Crippen LogP contribution in [0.5, 0.6) is 0 Å². The first-order valence-corrected chi connectivity index (χ1v) is 6.83. The molecule has 0 aliphatic carbocycles. The van der Waals surface area contributed by atoms with Crippen molar-refractivity contribution >= 4 is 29.9 Å². The van der Waals surface area contributed by atoms with Crippen molar-refractivity contribution in [3.05, 3.63) is 53.0 Å². The molecule has 7 heteroatoms. The number of anilines is 1. The average molecular weight is 338 g/mol. The van der Waals surface area contributed by atoms with E-state index in [0.29, 0.717) is 22.6 Å². The molecule has 0 aliphatic rings. The van der Waals surface area contributed by atoms with Gasteiger partial charge in [-0.05, 0) is 30.7 Å². The maximum absolute atomic E-state index is 12.2. The zero-order valence-corrected chi connectivity index (χ0v) is 14.1. The van der Waals surface area contributed by atoms with Crippen LogP contribution in [-0.4, -0.2) is 30.8 Å². The second-order valence-corrected chi connectivity index (χ2v) is 5.19. The van der Waals surface area contributed by atoms with E-state index in [1.807, 2.05) is 6.92 Å². The van der Waals surface area contributed by atoms with Crippen LogP contribution in [0.4, 0.5) is 5.69 Å². The Bertz CT molecular complexity index is 710. The Labute approximate surface area is 141 Å². The summed E-state index contributed by atoms with van der Waals surface area (Å²) in [5, 5.41) is 2.79. The Kier molecular flexibility index (Phi) is 6.36. The Morgan fingerprint density at radius 3 is 2.48 bits per heavy atom. The van der Waals surface area contributed by atoms with Crippen molar-refractivity contribution < 1.29 is 14.0 Å². The van der Waals surface area contributed by atoms with Crippen LogP contribution in [0.2, 0.25) is 0 Å². The van der Waals surface area contributed by atoms with Gasteiger partial charge < -0.3 is 20.4 Å². The van der Waals surface area contributed by atoms with Crippen molar-refractivity contribution in [3.63, 3.8) is 0 Å². The molecule has 2 aromatic rings. The van der Waals surface area contributed by atoms with Gasteiger partial charge >= 0.3 is 0 Å². The molecule has 2 amide bonds. The molecule has 1 aromatic heterocycles. The zero-order valence-electron chi connectivity index (χ0n) is 13.3. The SMILES string of the molecule is Cc1ccc(C(=O)N(C)C)cc1NC(=O)c1coc(CN)c1.Cl. The van der Waals surface area contributed by atoms with Gasteiger partial charge in [0.05, 0.1) is 12.1 Å². The zero-order chi connectivity index (χ0) is 16.3. The second-order valence-electron chi connectivity index (χ2n) is 5.19. The van der Waals surface area contributed by atoms with Gasteiger partial charge in [0.15, 0.2) is 0 Å². The maximum Gasteiger partial charge on any atom is 0.258 e. The molecule has 2 rings (SSSR count). The summed E-state index contributed by atoms with van der Waals surface area (Å²) in [6, 6.07) is 6.80. The lowest BCUT2D eigenvalue weighted by Crippen LogP contribution is -2.22. The number of hydrogen-bond acceptors (Lipinski definition) is 4. The van der Waals surface area contributed by atoms with Crippen molar-refractivity contribution in [2.24, 2.45) is 5.73 Å². The van der Waals surface area contributed by atoms with E-state index in [4.69, 9.17) is 10.2 Å². The molecule has 0 fully saturated rings. The third-order valence-corrected chi connectivity index (χ3v) is 3.26. The van der Waals surface area contributed by atoms with Gasteiger partial charge in [0.1, 0.15) is 12.0 Å². The molecule has 0 atom stereocenters. The fourth-order valence-corrected chi connectivity index (χ4v) is 1.95. The number of nitrogens with zero attached hydrogens (tertiary/aromatic N) is 1. The number of halogens is 1. The minimum Gasteiger partial charge on any atom is -0.467 e. The van der Waals surface area contributed by atoms with Gasteiger partial charge in [-0.1, -0.05) is 6.07 Å². The third-order valence-electron chi connectivity index (χ3n) is 3.26. The summed E-state index contributed by atoms with van der Waals surface area (Å²) in [7, 11) is 3.36. The molecule has 0 saturated heterocycles. The van der Waals surface area contributed by atoms with E-state index in [1.165, 1.54) is 11.2 Å². The van der Waals surface area contributed by atoms with E-state index in [9.17, 15) is 9.59 Å². The highest BCUT2D eigenvalue weighted by atomic mass is 35.5. The van der Waals surface area contributed by atoms with Gasteiger partial charge in [0, 0.05) is 25.3 Å². The smallest absolute Gasteiger partial charge is 0.258 e. The molecule has 0 bridgehead atoms. The second kappa shape index (κ2) is 7.80. The third kappa shape index (κ3) is 4.34. The van der Waals surface area contributed by atoms with Gasteiger partial charge in [0.2, 0.25) is 0 Å². The summed E-state index contributed by atoms with van der Waals surface area (Å²) in [6.07, 6.45) is 1.36. The standard InChI is InChI=1S/C16H19N3O3.ClH/c1-10-4-5-11(16(21)19(2)3)7-14(10)18-15(20)12-6-13(8-17)22-9-12;/h4-7,9H,8,17H2,1-3H3,(H,18,20);1H. The number of rotatable bonds is 4. The van der Waals surface area contributed by atoms with E-state index in [1.54, 1.807) is 38.4 Å². The lowest BCUT2D eigenvalue weighted by Gasteiger charge is -2.13. The number of hydrogen-bond donors (Lipinski definition) is 2. The van der Waals surface area contributed by atoms with Gasteiger partial charge in [-0.2, -0.15) is 0 Å². The van der Waals surface area contributed by atoms with Crippen LogP contribution in [0.25, 0.3) is 0 Å². The predicted octanol–water partition coefficient (Wildman–Crippen LogP) is 2.42. The number of carbonyl (C=O) groups is 2. The molecule has 0 spiro atoms. The number of aryl methyl sites for hydroxylation is 1. The van der Waals surface area contributed by atoms with Crippen molar-refractivity contribution in [1.82, 2.24) is 4.90 Å². The molecule has 23 heavy (non-hydrogen) atoms. The van der Waals surface area contributed by atoms with Crippen molar-refractivity contribution in [2.75, 3.05) is 19.4 Å². The fourth-order valence-electron chi connectivity index (χ4n) is 1.95. The number of nitrogens with two attached hydrogens (primary N) is 1. The summed E-state index contributed by atoms with van der Waals surface area (Å²) in [6.45, 7) is 2.10. The minimum atomic E-state index is -0.305. The fraction of sp³-hybridized carbons (Fsp3) is 0.250. The van der Waals surface area contributed by atoms with Gasteiger partial charge in [-0.15, -0.1) is 12.4 Å². The van der Waals surface area contributed by atoms with E-state index in [0.717, 1.165) is 5.56 Å². The molecule has 0 saturated carbocycles. The molecular formula is C16H20ClN3O3. The highest BCUT2D eigenvalue weighted by molar-refractivity contribution is 6.05. The van der Waals surface area contributed by atoms with Crippen LogP contribution in [0.3, 0.4) is 0 Å². The highest BCUT2D eigenvalue weighted by Crippen LogP contribution is 2.19. The highest BCUT2D eigenvalue weighted by Gasteiger charge is 2.14. The predicted molar refractivity (Wildman–Crippen MR) is 91.0 cm³/mol. The average Bonchev–Trinajstić information content (AvgIpc) is 2.97. The van der Waals surface area contributed by atoms with Crippen LogP contribution in [-0.2, 0) is 6.54 Å². The van der Waals surface area contributed by atoms with E-state index in [-0.39, 0.29) is 30.8 Å². The van der Waals surface area contributed by atoms with E-state index < -0.39 is 0 Å². The molecule has 0 unspecified atom stereocenters. The van der Waals surface area contributed by atoms with Crippen molar-refractivity contribution in [1.29, 1.82) is 0 Å². The largest absolute Gasteiger partial charge is 0.467 e. The number of benzene rings is 1. The molecule has 3 N–H and O–H groups in total. The maximum atomic E-state index is 12.2. The molecule has 0 aliphatic heterocycles. The lowest BCUT2D eigenvalue weighted by atomic mass is 10.1. The van der Waals surface area contributed by atoms with E-state index in [2.05, 4.69) is 5.32 Å². The van der Waals surface area contributed by atoms with Gasteiger partial charge in [0.25, 0.3) is 11.8 Å².